The fourth-order valence-electron chi connectivity index (χ4n) is 3.26. The molecule has 5 nitrogen and oxygen atoms in total. The van der Waals surface area contributed by atoms with E-state index in [1.54, 1.807) is 0 Å². The summed E-state index contributed by atoms with van der Waals surface area (Å²) in [5.74, 6) is 0.100. The van der Waals surface area contributed by atoms with Gasteiger partial charge in [0.05, 0.1) is 12.6 Å². The van der Waals surface area contributed by atoms with Crippen molar-refractivity contribution in [2.75, 3.05) is 13.2 Å². The summed E-state index contributed by atoms with van der Waals surface area (Å²) in [6.07, 6.45) is 1.86. The zero-order chi connectivity index (χ0) is 15.8. The third kappa shape index (κ3) is 3.23. The van der Waals surface area contributed by atoms with Gasteiger partial charge in [-0.25, -0.2) is 0 Å². The van der Waals surface area contributed by atoms with Crippen molar-refractivity contribution in [1.82, 2.24) is 10.2 Å². The molecule has 1 N–H and O–H groups in total. The van der Waals surface area contributed by atoms with Crippen LogP contribution in [0.4, 0.5) is 0 Å². The van der Waals surface area contributed by atoms with E-state index in [2.05, 4.69) is 5.32 Å². The number of carbonyl (C=O) groups excluding carboxylic acids is 2. The largest absolute Gasteiger partial charge is 0.379 e. The summed E-state index contributed by atoms with van der Waals surface area (Å²) in [5, 5.41) is 2.94. The Morgan fingerprint density at radius 2 is 1.95 bits per heavy atom. The maximum Gasteiger partial charge on any atom is 0.246 e. The summed E-state index contributed by atoms with van der Waals surface area (Å²) in [6.45, 7) is 11.2. The smallest absolute Gasteiger partial charge is 0.246 e. The van der Waals surface area contributed by atoms with Crippen LogP contribution in [0.1, 0.15) is 47.5 Å². The fourth-order valence-corrected chi connectivity index (χ4v) is 3.26. The van der Waals surface area contributed by atoms with Crippen LogP contribution in [0, 0.1) is 11.3 Å². The first kappa shape index (κ1) is 16.3. The summed E-state index contributed by atoms with van der Waals surface area (Å²) in [7, 11) is 0. The lowest BCUT2D eigenvalue weighted by atomic mass is 9.82. The average Bonchev–Trinajstić information content (AvgIpc) is 2.39. The van der Waals surface area contributed by atoms with Crippen LogP contribution < -0.4 is 5.32 Å². The second kappa shape index (κ2) is 5.95. The highest BCUT2D eigenvalue weighted by atomic mass is 16.5. The Bertz CT molecular complexity index is 408. The topological polar surface area (TPSA) is 58.6 Å². The van der Waals surface area contributed by atoms with Crippen LogP contribution in [0.15, 0.2) is 0 Å². The average molecular weight is 296 g/mol. The van der Waals surface area contributed by atoms with Gasteiger partial charge in [0, 0.05) is 6.61 Å². The standard InChI is InChI=1S/C16H28N2O3/c1-10(2)12-14(19)17-13(16(3,4)5)15(20)18(12)11-7-6-8-21-9-11/h10-13H,6-9H2,1-5H3,(H,17,19). The van der Waals surface area contributed by atoms with E-state index in [4.69, 9.17) is 4.74 Å². The van der Waals surface area contributed by atoms with Crippen LogP contribution in [0.25, 0.3) is 0 Å². The van der Waals surface area contributed by atoms with Gasteiger partial charge < -0.3 is 15.0 Å². The molecular formula is C16H28N2O3. The number of hydrogen-bond acceptors (Lipinski definition) is 3. The van der Waals surface area contributed by atoms with Crippen LogP contribution in [0.5, 0.6) is 0 Å². The quantitative estimate of drug-likeness (QED) is 0.841. The van der Waals surface area contributed by atoms with Gasteiger partial charge in [0.1, 0.15) is 12.1 Å². The maximum atomic E-state index is 13.0. The summed E-state index contributed by atoms with van der Waals surface area (Å²) >= 11 is 0. The van der Waals surface area contributed by atoms with Crippen LogP contribution in [0.2, 0.25) is 0 Å². The van der Waals surface area contributed by atoms with Crippen molar-refractivity contribution < 1.29 is 14.3 Å². The maximum absolute atomic E-state index is 13.0. The first-order valence-corrected chi connectivity index (χ1v) is 7.93. The molecule has 21 heavy (non-hydrogen) atoms. The van der Waals surface area contributed by atoms with Gasteiger partial charge in [-0.15, -0.1) is 0 Å². The second-order valence-electron chi connectivity index (χ2n) is 7.61. The van der Waals surface area contributed by atoms with E-state index < -0.39 is 6.04 Å². The number of nitrogens with one attached hydrogen (secondary N) is 1. The van der Waals surface area contributed by atoms with Gasteiger partial charge in [-0.05, 0) is 24.2 Å². The van der Waals surface area contributed by atoms with Crippen molar-refractivity contribution in [2.24, 2.45) is 11.3 Å². The Morgan fingerprint density at radius 1 is 1.29 bits per heavy atom. The predicted molar refractivity (Wildman–Crippen MR) is 80.7 cm³/mol. The van der Waals surface area contributed by atoms with Crippen molar-refractivity contribution >= 4 is 11.8 Å². The monoisotopic (exact) mass is 296 g/mol. The molecule has 0 saturated carbocycles. The number of rotatable bonds is 2. The molecule has 0 aromatic rings. The molecule has 2 aliphatic heterocycles. The van der Waals surface area contributed by atoms with Crippen molar-refractivity contribution in [3.05, 3.63) is 0 Å². The van der Waals surface area contributed by atoms with E-state index in [1.807, 2.05) is 39.5 Å². The molecular weight excluding hydrogens is 268 g/mol. The van der Waals surface area contributed by atoms with E-state index in [0.717, 1.165) is 19.4 Å². The van der Waals surface area contributed by atoms with Crippen LogP contribution in [-0.2, 0) is 14.3 Å². The number of amides is 2. The molecule has 0 bridgehead atoms. The van der Waals surface area contributed by atoms with Crippen molar-refractivity contribution in [3.8, 4) is 0 Å². The molecule has 2 rings (SSSR count). The highest BCUT2D eigenvalue weighted by molar-refractivity contribution is 5.97. The number of piperazine rings is 1. The normalized spacial score (nSPS) is 31.5. The minimum Gasteiger partial charge on any atom is -0.379 e. The van der Waals surface area contributed by atoms with E-state index in [9.17, 15) is 9.59 Å². The minimum absolute atomic E-state index is 0.0227. The molecule has 0 spiro atoms. The van der Waals surface area contributed by atoms with Gasteiger partial charge in [0.25, 0.3) is 0 Å². The minimum atomic E-state index is -0.457. The van der Waals surface area contributed by atoms with Crippen molar-refractivity contribution in [2.45, 2.75) is 65.6 Å². The molecule has 5 heteroatoms. The Labute approximate surface area is 127 Å². The van der Waals surface area contributed by atoms with Gasteiger partial charge in [-0.2, -0.15) is 0 Å². The zero-order valence-corrected chi connectivity index (χ0v) is 13.8. The Kier molecular flexibility index (Phi) is 4.61. The van der Waals surface area contributed by atoms with Gasteiger partial charge in [0.2, 0.25) is 11.8 Å². The van der Waals surface area contributed by atoms with Gasteiger partial charge in [-0.1, -0.05) is 34.6 Å². The number of nitrogens with zero attached hydrogens (tertiary/aromatic N) is 1. The third-order valence-corrected chi connectivity index (χ3v) is 4.38. The van der Waals surface area contributed by atoms with Crippen LogP contribution in [0.3, 0.4) is 0 Å². The Morgan fingerprint density at radius 3 is 2.43 bits per heavy atom. The summed E-state index contributed by atoms with van der Waals surface area (Å²) in [6, 6.07) is -0.820. The SMILES string of the molecule is CC(C)C1C(=O)NC(C(C)(C)C)C(=O)N1C1CCCOC1. The first-order valence-electron chi connectivity index (χ1n) is 7.93. The lowest BCUT2D eigenvalue weighted by Crippen LogP contribution is -2.70. The fraction of sp³-hybridized carbons (Fsp3) is 0.875. The lowest BCUT2D eigenvalue weighted by molar-refractivity contribution is -0.160. The highest BCUT2D eigenvalue weighted by Gasteiger charge is 2.48. The van der Waals surface area contributed by atoms with E-state index >= 15 is 0 Å². The lowest BCUT2D eigenvalue weighted by Gasteiger charge is -2.48. The molecule has 0 aromatic carbocycles. The number of carbonyl (C=O) groups is 2. The molecule has 2 heterocycles. The van der Waals surface area contributed by atoms with Gasteiger partial charge in [0.15, 0.2) is 0 Å². The molecule has 0 radical (unpaired) electrons. The Balaban J connectivity index is 2.32. The zero-order valence-electron chi connectivity index (χ0n) is 13.8. The predicted octanol–water partition coefficient (Wildman–Crippen LogP) is 1.56. The molecule has 120 valence electrons. The third-order valence-electron chi connectivity index (χ3n) is 4.38. The van der Waals surface area contributed by atoms with Gasteiger partial charge in [-0.3, -0.25) is 9.59 Å². The first-order chi connectivity index (χ1) is 9.73. The molecule has 2 amide bonds. The number of ether oxygens (including phenoxy) is 1. The van der Waals surface area contributed by atoms with E-state index in [1.165, 1.54) is 0 Å². The molecule has 2 saturated heterocycles. The molecule has 0 aliphatic carbocycles. The van der Waals surface area contributed by atoms with Crippen molar-refractivity contribution in [3.63, 3.8) is 0 Å². The second-order valence-corrected chi connectivity index (χ2v) is 7.61. The molecule has 0 aromatic heterocycles. The summed E-state index contributed by atoms with van der Waals surface area (Å²) < 4.78 is 5.54. The molecule has 2 aliphatic rings. The summed E-state index contributed by atoms with van der Waals surface area (Å²) in [4.78, 5) is 27.4. The highest BCUT2D eigenvalue weighted by Crippen LogP contribution is 2.30. The van der Waals surface area contributed by atoms with Crippen molar-refractivity contribution in [1.29, 1.82) is 0 Å². The molecule has 2 fully saturated rings. The molecule has 3 unspecified atom stereocenters. The Hall–Kier alpha value is -1.10. The van der Waals surface area contributed by atoms with E-state index in [0.29, 0.717) is 6.61 Å². The molecule has 3 atom stereocenters. The van der Waals surface area contributed by atoms with E-state index in [-0.39, 0.29) is 35.2 Å². The number of hydrogen-bond donors (Lipinski definition) is 1. The summed E-state index contributed by atoms with van der Waals surface area (Å²) in [5.41, 5.74) is -0.289. The van der Waals surface area contributed by atoms with Gasteiger partial charge >= 0.3 is 0 Å². The van der Waals surface area contributed by atoms with Crippen LogP contribution >= 0.6 is 0 Å². The van der Waals surface area contributed by atoms with Crippen LogP contribution in [-0.4, -0.2) is 48.1 Å².